The molecule has 1 N–H and O–H groups in total. The van der Waals surface area contributed by atoms with Gasteiger partial charge in [-0.2, -0.15) is 0 Å². The van der Waals surface area contributed by atoms with Crippen molar-refractivity contribution >= 4 is 11.9 Å². The second-order valence-electron chi connectivity index (χ2n) is 5.17. The smallest absolute Gasteiger partial charge is 0.325 e. The Morgan fingerprint density at radius 2 is 1.67 bits per heavy atom. The average molecular weight is 213 g/mol. The Hall–Kier alpha value is -1.06. The van der Waals surface area contributed by atoms with E-state index in [0.29, 0.717) is 0 Å². The topological polar surface area (TPSA) is 55.4 Å². The number of rotatable bonds is 3. The second kappa shape index (κ2) is 3.51. The van der Waals surface area contributed by atoms with Gasteiger partial charge >= 0.3 is 5.97 Å². The number of amides is 1. The van der Waals surface area contributed by atoms with Crippen molar-refractivity contribution in [1.29, 1.82) is 0 Å². The Morgan fingerprint density at radius 1 is 1.20 bits per heavy atom. The highest BCUT2D eigenvalue weighted by atomic mass is 16.5. The van der Waals surface area contributed by atoms with Gasteiger partial charge in [0.25, 0.3) is 0 Å². The Labute approximate surface area is 90.4 Å². The largest absolute Gasteiger partial charge is 0.468 e. The van der Waals surface area contributed by atoms with Gasteiger partial charge in [0.1, 0.15) is 6.54 Å². The van der Waals surface area contributed by atoms with Crippen LogP contribution in [0.3, 0.4) is 0 Å². The maximum atomic E-state index is 11.7. The van der Waals surface area contributed by atoms with Crippen molar-refractivity contribution in [3.05, 3.63) is 0 Å². The number of esters is 1. The molecule has 0 heterocycles. The molecule has 86 valence electrons. The molecule has 1 aliphatic carbocycles. The van der Waals surface area contributed by atoms with Crippen molar-refractivity contribution in [2.24, 2.45) is 16.7 Å². The number of ether oxygens (including phenoxy) is 1. The third kappa shape index (κ3) is 1.85. The minimum absolute atomic E-state index is 0.00715. The third-order valence-corrected chi connectivity index (χ3v) is 3.92. The molecule has 0 saturated heterocycles. The molecule has 15 heavy (non-hydrogen) atoms. The highest BCUT2D eigenvalue weighted by Gasteiger charge is 2.68. The van der Waals surface area contributed by atoms with Crippen molar-refractivity contribution < 1.29 is 14.3 Å². The first-order chi connectivity index (χ1) is 6.75. The first-order valence-electron chi connectivity index (χ1n) is 5.09. The van der Waals surface area contributed by atoms with Crippen LogP contribution in [0.2, 0.25) is 0 Å². The molecule has 1 saturated carbocycles. The normalized spacial score (nSPS) is 21.9. The fraction of sp³-hybridized carbons (Fsp3) is 0.818. The summed E-state index contributed by atoms with van der Waals surface area (Å²) in [7, 11) is 1.31. The molecule has 1 amide bonds. The number of hydrogen-bond acceptors (Lipinski definition) is 3. The zero-order chi connectivity index (χ0) is 11.9. The lowest BCUT2D eigenvalue weighted by molar-refractivity contribution is -0.141. The molecular formula is C11H19NO3. The summed E-state index contributed by atoms with van der Waals surface area (Å²) in [5.74, 6) is -0.496. The van der Waals surface area contributed by atoms with Crippen molar-refractivity contribution in [2.75, 3.05) is 13.7 Å². The maximum absolute atomic E-state index is 11.7. The minimum Gasteiger partial charge on any atom is -0.468 e. The summed E-state index contributed by atoms with van der Waals surface area (Å²) in [6.45, 7) is 8.22. The molecule has 1 rings (SSSR count). The Balaban J connectivity index is 2.48. The molecule has 0 aromatic heterocycles. The summed E-state index contributed by atoms with van der Waals surface area (Å²) in [4.78, 5) is 22.6. The molecule has 0 unspecified atom stereocenters. The van der Waals surface area contributed by atoms with Crippen LogP contribution in [0.1, 0.15) is 27.7 Å². The zero-order valence-electron chi connectivity index (χ0n) is 10.0. The summed E-state index contributed by atoms with van der Waals surface area (Å²) < 4.78 is 4.45. The maximum Gasteiger partial charge on any atom is 0.325 e. The van der Waals surface area contributed by atoms with E-state index in [9.17, 15) is 9.59 Å². The van der Waals surface area contributed by atoms with Crippen molar-refractivity contribution in [1.82, 2.24) is 5.32 Å². The van der Waals surface area contributed by atoms with Crippen LogP contribution in [0.25, 0.3) is 0 Å². The van der Waals surface area contributed by atoms with E-state index in [0.717, 1.165) is 0 Å². The number of carbonyl (C=O) groups is 2. The van der Waals surface area contributed by atoms with Gasteiger partial charge in [-0.25, -0.2) is 0 Å². The molecule has 0 aromatic carbocycles. The quantitative estimate of drug-likeness (QED) is 0.710. The van der Waals surface area contributed by atoms with Crippen molar-refractivity contribution in [3.63, 3.8) is 0 Å². The van der Waals surface area contributed by atoms with Gasteiger partial charge in [0.05, 0.1) is 7.11 Å². The summed E-state index contributed by atoms with van der Waals surface area (Å²) in [5.41, 5.74) is 0.0143. The molecular weight excluding hydrogens is 194 g/mol. The molecule has 0 spiro atoms. The Bertz CT molecular complexity index is 280. The number of hydrogen-bond donors (Lipinski definition) is 1. The second-order valence-corrected chi connectivity index (χ2v) is 5.17. The molecule has 1 fully saturated rings. The van der Waals surface area contributed by atoms with E-state index in [1.807, 2.05) is 0 Å². The lowest BCUT2D eigenvalue weighted by Gasteiger charge is -2.04. The summed E-state index contributed by atoms with van der Waals surface area (Å²) in [6.07, 6.45) is 0. The predicted octanol–water partition coefficient (Wildman–Crippen LogP) is 0.958. The van der Waals surface area contributed by atoms with E-state index < -0.39 is 5.97 Å². The summed E-state index contributed by atoms with van der Waals surface area (Å²) in [6, 6.07) is 0. The average Bonchev–Trinajstić information content (AvgIpc) is 2.53. The first kappa shape index (κ1) is 12.0. The van der Waals surface area contributed by atoms with Gasteiger partial charge < -0.3 is 10.1 Å². The van der Waals surface area contributed by atoms with E-state index >= 15 is 0 Å². The van der Waals surface area contributed by atoms with Crippen LogP contribution in [0.15, 0.2) is 0 Å². The molecule has 0 aliphatic heterocycles. The van der Waals surface area contributed by atoms with Gasteiger partial charge in [-0.05, 0) is 10.8 Å². The third-order valence-electron chi connectivity index (χ3n) is 3.92. The van der Waals surface area contributed by atoms with Gasteiger partial charge in [-0.3, -0.25) is 9.59 Å². The lowest BCUT2D eigenvalue weighted by Crippen LogP contribution is -2.32. The highest BCUT2D eigenvalue weighted by Crippen LogP contribution is 2.68. The van der Waals surface area contributed by atoms with E-state index in [4.69, 9.17) is 0 Å². The first-order valence-corrected chi connectivity index (χ1v) is 5.09. The highest BCUT2D eigenvalue weighted by molar-refractivity contribution is 5.87. The molecule has 0 bridgehead atoms. The lowest BCUT2D eigenvalue weighted by atomic mass is 10.0. The fourth-order valence-corrected chi connectivity index (χ4v) is 2.19. The van der Waals surface area contributed by atoms with Crippen LogP contribution in [0, 0.1) is 16.7 Å². The van der Waals surface area contributed by atoms with Crippen LogP contribution in [0.4, 0.5) is 0 Å². The van der Waals surface area contributed by atoms with Crippen molar-refractivity contribution in [2.45, 2.75) is 27.7 Å². The number of nitrogens with one attached hydrogen (secondary N) is 1. The van der Waals surface area contributed by atoms with Gasteiger partial charge in [0, 0.05) is 5.92 Å². The van der Waals surface area contributed by atoms with Crippen LogP contribution < -0.4 is 5.32 Å². The monoisotopic (exact) mass is 213 g/mol. The van der Waals surface area contributed by atoms with Crippen LogP contribution >= 0.6 is 0 Å². The van der Waals surface area contributed by atoms with E-state index in [1.165, 1.54) is 7.11 Å². The van der Waals surface area contributed by atoms with Crippen molar-refractivity contribution in [3.8, 4) is 0 Å². The minimum atomic E-state index is -0.417. The van der Waals surface area contributed by atoms with E-state index in [-0.39, 0.29) is 29.2 Å². The van der Waals surface area contributed by atoms with Gasteiger partial charge in [0.15, 0.2) is 0 Å². The Morgan fingerprint density at radius 3 is 2.00 bits per heavy atom. The van der Waals surface area contributed by atoms with E-state index in [2.05, 4.69) is 37.7 Å². The van der Waals surface area contributed by atoms with Crippen LogP contribution in [0.5, 0.6) is 0 Å². The summed E-state index contributed by atoms with van der Waals surface area (Å²) >= 11 is 0. The molecule has 0 radical (unpaired) electrons. The SMILES string of the molecule is COC(=O)CNC(=O)C1C(C)(C)C1(C)C. The van der Waals surface area contributed by atoms with Gasteiger partial charge in [-0.1, -0.05) is 27.7 Å². The predicted molar refractivity (Wildman–Crippen MR) is 56.1 cm³/mol. The van der Waals surface area contributed by atoms with E-state index in [1.54, 1.807) is 0 Å². The van der Waals surface area contributed by atoms with Crippen LogP contribution in [-0.4, -0.2) is 25.5 Å². The van der Waals surface area contributed by atoms with Crippen LogP contribution in [-0.2, 0) is 14.3 Å². The fourth-order valence-electron chi connectivity index (χ4n) is 2.19. The van der Waals surface area contributed by atoms with Gasteiger partial charge in [-0.15, -0.1) is 0 Å². The van der Waals surface area contributed by atoms with Gasteiger partial charge in [0.2, 0.25) is 5.91 Å². The molecule has 1 aliphatic rings. The molecule has 0 atom stereocenters. The standard InChI is InChI=1S/C11H19NO3/c1-10(2)8(11(10,3)4)9(14)12-6-7(13)15-5/h8H,6H2,1-5H3,(H,12,14). The zero-order valence-corrected chi connectivity index (χ0v) is 10.0. The molecule has 4 nitrogen and oxygen atoms in total. The summed E-state index contributed by atoms with van der Waals surface area (Å²) in [5, 5.41) is 2.59. The number of methoxy groups -OCH3 is 1. The Kier molecular flexibility index (Phi) is 2.81. The molecule has 4 heteroatoms. The number of carbonyl (C=O) groups excluding carboxylic acids is 2. The molecule has 0 aromatic rings.